The molecule has 0 unspecified atom stereocenters. The van der Waals surface area contributed by atoms with Gasteiger partial charge < -0.3 is 9.64 Å². The molecule has 2 atom stereocenters. The van der Waals surface area contributed by atoms with Gasteiger partial charge in [-0.05, 0) is 25.5 Å². The lowest BCUT2D eigenvalue weighted by Gasteiger charge is -2.26. The zero-order valence-electron chi connectivity index (χ0n) is 14.0. The molecule has 0 aromatic heterocycles. The normalized spacial score (nSPS) is 20.0. The number of hydrogen-bond acceptors (Lipinski definition) is 6. The molecule has 9 heteroatoms. The van der Waals surface area contributed by atoms with Gasteiger partial charge in [0.2, 0.25) is 0 Å². The second kappa shape index (κ2) is 8.18. The summed E-state index contributed by atoms with van der Waals surface area (Å²) in [6.45, 7) is 1.44. The summed E-state index contributed by atoms with van der Waals surface area (Å²) in [6, 6.07) is 5.66. The molecule has 1 saturated heterocycles. The third-order valence-corrected chi connectivity index (χ3v) is 6.71. The number of hydrogen-bond donors (Lipinski definition) is 0. The van der Waals surface area contributed by atoms with Crippen molar-refractivity contribution in [2.75, 3.05) is 24.3 Å². The van der Waals surface area contributed by atoms with Gasteiger partial charge in [-0.15, -0.1) is 11.8 Å². The minimum Gasteiger partial charge on any atom is -0.452 e. The molecule has 0 saturated carbocycles. The third-order valence-electron chi connectivity index (χ3n) is 3.94. The first kappa shape index (κ1) is 19.7. The van der Waals surface area contributed by atoms with Crippen LogP contribution in [0.2, 0.25) is 0 Å². The van der Waals surface area contributed by atoms with Crippen molar-refractivity contribution < 1.29 is 27.1 Å². The molecule has 0 bridgehead atoms. The van der Waals surface area contributed by atoms with E-state index in [0.717, 1.165) is 11.8 Å². The maximum absolute atomic E-state index is 13.5. The molecule has 0 spiro atoms. The van der Waals surface area contributed by atoms with Crippen molar-refractivity contribution in [3.05, 3.63) is 30.1 Å². The number of thioether (sulfide) groups is 1. The Hall–Kier alpha value is -1.61. The second-order valence-electron chi connectivity index (χ2n) is 5.86. The molecule has 1 aromatic carbocycles. The van der Waals surface area contributed by atoms with Crippen molar-refractivity contribution in [3.8, 4) is 0 Å². The summed E-state index contributed by atoms with van der Waals surface area (Å²) in [5.41, 5.74) is 0. The van der Waals surface area contributed by atoms with Crippen LogP contribution in [-0.4, -0.2) is 61.6 Å². The number of benzene rings is 1. The number of nitrogens with zero attached hydrogens (tertiary/aromatic N) is 1. The van der Waals surface area contributed by atoms with E-state index < -0.39 is 39.7 Å². The van der Waals surface area contributed by atoms with Crippen LogP contribution in [0.1, 0.15) is 13.3 Å². The molecule has 0 aliphatic carbocycles. The van der Waals surface area contributed by atoms with Gasteiger partial charge >= 0.3 is 5.97 Å². The van der Waals surface area contributed by atoms with Gasteiger partial charge in [0, 0.05) is 18.0 Å². The Kier molecular flexibility index (Phi) is 6.45. The Bertz CT molecular complexity index is 753. The average Bonchev–Trinajstić information content (AvgIpc) is 2.92. The SMILES string of the molecule is C[C@H](OC(=O)CSc1ccccc1F)C(=O)N(C)[C@H]1CCS(=O)(=O)C1. The zero-order chi connectivity index (χ0) is 18.6. The number of rotatable bonds is 6. The summed E-state index contributed by atoms with van der Waals surface area (Å²) in [7, 11) is -1.60. The Morgan fingerprint density at radius 1 is 1.40 bits per heavy atom. The van der Waals surface area contributed by atoms with E-state index in [1.165, 1.54) is 24.9 Å². The number of sulfone groups is 1. The highest BCUT2D eigenvalue weighted by atomic mass is 32.2. The molecule has 2 rings (SSSR count). The van der Waals surface area contributed by atoms with E-state index in [-0.39, 0.29) is 17.3 Å². The lowest BCUT2D eigenvalue weighted by Crippen LogP contribution is -2.44. The minimum absolute atomic E-state index is 0.0583. The van der Waals surface area contributed by atoms with E-state index in [0.29, 0.717) is 11.3 Å². The van der Waals surface area contributed by atoms with Gasteiger partial charge in [0.15, 0.2) is 15.9 Å². The first-order valence-corrected chi connectivity index (χ1v) is 10.5. The van der Waals surface area contributed by atoms with Crippen molar-refractivity contribution in [2.45, 2.75) is 30.4 Å². The Morgan fingerprint density at radius 2 is 2.08 bits per heavy atom. The molecule has 1 aliphatic heterocycles. The van der Waals surface area contributed by atoms with Gasteiger partial charge in [0.1, 0.15) is 5.82 Å². The standard InChI is InChI=1S/C16H20FNO5S2/c1-11(16(20)18(2)12-7-8-25(21,22)10-12)23-15(19)9-24-14-6-4-3-5-13(14)17/h3-6,11-12H,7-10H2,1-2H3/t11-,12-/m0/s1. The van der Waals surface area contributed by atoms with Crippen LogP contribution in [-0.2, 0) is 24.2 Å². The number of likely N-dealkylation sites (N-methyl/N-ethyl adjacent to an activating group) is 1. The van der Waals surface area contributed by atoms with Crippen LogP contribution in [0.25, 0.3) is 0 Å². The molecule has 1 heterocycles. The molecule has 1 fully saturated rings. The fourth-order valence-electron chi connectivity index (χ4n) is 2.53. The van der Waals surface area contributed by atoms with Gasteiger partial charge in [-0.25, -0.2) is 12.8 Å². The fourth-order valence-corrected chi connectivity index (χ4v) is 5.02. The van der Waals surface area contributed by atoms with Gasteiger partial charge in [0.05, 0.1) is 17.3 Å². The quantitative estimate of drug-likeness (QED) is 0.542. The molecule has 0 radical (unpaired) electrons. The summed E-state index contributed by atoms with van der Waals surface area (Å²) in [6.07, 6.45) is -0.643. The molecule has 0 N–H and O–H groups in total. The van der Waals surface area contributed by atoms with Crippen LogP contribution in [0.5, 0.6) is 0 Å². The highest BCUT2D eigenvalue weighted by molar-refractivity contribution is 8.00. The van der Waals surface area contributed by atoms with Crippen molar-refractivity contribution >= 4 is 33.5 Å². The smallest absolute Gasteiger partial charge is 0.317 e. The number of esters is 1. The molecule has 1 aromatic rings. The van der Waals surface area contributed by atoms with Gasteiger partial charge in [-0.2, -0.15) is 0 Å². The monoisotopic (exact) mass is 389 g/mol. The highest BCUT2D eigenvalue weighted by Gasteiger charge is 2.34. The van der Waals surface area contributed by atoms with Crippen LogP contribution >= 0.6 is 11.8 Å². The van der Waals surface area contributed by atoms with Crippen LogP contribution < -0.4 is 0 Å². The lowest BCUT2D eigenvalue weighted by atomic mass is 10.2. The molecule has 25 heavy (non-hydrogen) atoms. The predicted molar refractivity (Wildman–Crippen MR) is 92.5 cm³/mol. The first-order chi connectivity index (χ1) is 11.7. The van der Waals surface area contributed by atoms with Crippen LogP contribution in [0.15, 0.2) is 29.2 Å². The van der Waals surface area contributed by atoms with Gasteiger partial charge in [0.25, 0.3) is 5.91 Å². The minimum atomic E-state index is -3.11. The van der Waals surface area contributed by atoms with Crippen LogP contribution in [0.4, 0.5) is 4.39 Å². The number of halogens is 1. The van der Waals surface area contributed by atoms with Crippen LogP contribution in [0, 0.1) is 5.82 Å². The van der Waals surface area contributed by atoms with E-state index in [2.05, 4.69) is 0 Å². The van der Waals surface area contributed by atoms with Gasteiger partial charge in [-0.3, -0.25) is 9.59 Å². The first-order valence-electron chi connectivity index (χ1n) is 7.73. The number of carbonyl (C=O) groups is 2. The van der Waals surface area contributed by atoms with Crippen molar-refractivity contribution in [1.82, 2.24) is 4.90 Å². The summed E-state index contributed by atoms with van der Waals surface area (Å²) >= 11 is 0.989. The van der Waals surface area contributed by atoms with Crippen molar-refractivity contribution in [3.63, 3.8) is 0 Å². The molecule has 138 valence electrons. The van der Waals surface area contributed by atoms with E-state index in [9.17, 15) is 22.4 Å². The predicted octanol–water partition coefficient (Wildman–Crippen LogP) is 1.50. The molecule has 1 amide bonds. The highest BCUT2D eigenvalue weighted by Crippen LogP contribution is 2.22. The van der Waals surface area contributed by atoms with Gasteiger partial charge in [-0.1, -0.05) is 12.1 Å². The Labute approximate surface area is 150 Å². The number of ether oxygens (including phenoxy) is 1. The van der Waals surface area contributed by atoms with E-state index in [1.807, 2.05) is 0 Å². The van der Waals surface area contributed by atoms with E-state index in [1.54, 1.807) is 18.2 Å². The average molecular weight is 389 g/mol. The number of amides is 1. The maximum atomic E-state index is 13.5. The molecular formula is C16H20FNO5S2. The third kappa shape index (κ3) is 5.43. The maximum Gasteiger partial charge on any atom is 0.317 e. The topological polar surface area (TPSA) is 80.8 Å². The summed E-state index contributed by atoms with van der Waals surface area (Å²) in [5.74, 6) is -1.65. The largest absolute Gasteiger partial charge is 0.452 e. The second-order valence-corrected chi connectivity index (χ2v) is 9.10. The van der Waals surface area contributed by atoms with E-state index in [4.69, 9.17) is 4.74 Å². The summed E-state index contributed by atoms with van der Waals surface area (Å²) in [5, 5.41) is 0. The lowest BCUT2D eigenvalue weighted by molar-refractivity contribution is -0.157. The Morgan fingerprint density at radius 3 is 2.68 bits per heavy atom. The Balaban J connectivity index is 1.84. The molecular weight excluding hydrogens is 369 g/mol. The van der Waals surface area contributed by atoms with Crippen molar-refractivity contribution in [1.29, 1.82) is 0 Å². The van der Waals surface area contributed by atoms with Crippen LogP contribution in [0.3, 0.4) is 0 Å². The fraction of sp³-hybridized carbons (Fsp3) is 0.500. The number of carbonyl (C=O) groups excluding carboxylic acids is 2. The van der Waals surface area contributed by atoms with Crippen molar-refractivity contribution in [2.24, 2.45) is 0 Å². The zero-order valence-corrected chi connectivity index (χ0v) is 15.6. The van der Waals surface area contributed by atoms with E-state index >= 15 is 0 Å². The summed E-state index contributed by atoms with van der Waals surface area (Å²) < 4.78 is 41.6. The summed E-state index contributed by atoms with van der Waals surface area (Å²) in [4.78, 5) is 25.8. The molecule has 1 aliphatic rings. The molecule has 6 nitrogen and oxygen atoms in total.